The maximum atomic E-state index is 13.5. The molecule has 2 aliphatic heterocycles. The van der Waals surface area contributed by atoms with Crippen LogP contribution in [0.3, 0.4) is 0 Å². The van der Waals surface area contributed by atoms with Gasteiger partial charge in [0.2, 0.25) is 11.8 Å². The summed E-state index contributed by atoms with van der Waals surface area (Å²) in [5.41, 5.74) is 6.94. The minimum Gasteiger partial charge on any atom is -0.453 e. The van der Waals surface area contributed by atoms with E-state index in [1.165, 1.54) is 14.0 Å². The summed E-state index contributed by atoms with van der Waals surface area (Å²) in [5, 5.41) is 19.4. The van der Waals surface area contributed by atoms with Gasteiger partial charge in [-0.2, -0.15) is 0 Å². The minimum absolute atomic E-state index is 0.0342. The second-order valence-corrected chi connectivity index (χ2v) is 17.2. The molecule has 3 amide bonds. The van der Waals surface area contributed by atoms with Crippen LogP contribution in [0.4, 0.5) is 4.79 Å². The largest absolute Gasteiger partial charge is 0.453 e. The Balaban J connectivity index is 0.943. The van der Waals surface area contributed by atoms with E-state index in [-0.39, 0.29) is 29.1 Å². The first-order valence-corrected chi connectivity index (χ1v) is 21.7. The summed E-state index contributed by atoms with van der Waals surface area (Å²) in [4.78, 5) is 58.0. The first-order chi connectivity index (χ1) is 29.1. The molecule has 0 spiro atoms. The van der Waals surface area contributed by atoms with Crippen LogP contribution in [0.1, 0.15) is 69.5 Å². The second-order valence-electron chi connectivity index (χ2n) is 16.0. The summed E-state index contributed by atoms with van der Waals surface area (Å²) in [5.74, 6) is 1.97. The summed E-state index contributed by atoms with van der Waals surface area (Å²) in [6.07, 6.45) is 11.5. The third kappa shape index (κ3) is 8.63. The van der Waals surface area contributed by atoms with Crippen LogP contribution in [0, 0.1) is 5.92 Å². The standard InChI is InChI=1S/C46H52N8O5S/c1-27(2)39(49-28(3)55)43(56)54-21-22-60-45(54)42-48-25-36(51-42)30-14-12-29(13-15-30)32-16-17-34-24-35(19-18-33(34)23-32)37-26-47-41(50-37)38-11-8-20-53(38)44(57)40(52-46(58)59-4)31-9-6-5-7-10-31/h5-6,9,12-19,23-27,38-40,44-45,57H,7-8,10-11,20-22H2,1-4H3,(H,47,50)(H,48,51)(H,49,55)(H,52,58)/t38-,39-,40?,44?,45?/m0/s1. The number of aliphatic hydroxyl groups is 1. The highest BCUT2D eigenvalue weighted by molar-refractivity contribution is 7.99. The SMILES string of the molecule is COC(=O)NC(C1=CC=CCC1)C(O)N1CCC[C@H]1c1ncc(-c2ccc3cc(-c4ccc(-c5cnc(C6SCCN6C(=O)[C@@H](NC(C)=O)C(C)C)[nH]5)cc4)ccc3c2)[nH]1. The number of likely N-dealkylation sites (tertiary alicyclic amines) is 1. The number of carbonyl (C=O) groups is 3. The number of methoxy groups -OCH3 is 1. The summed E-state index contributed by atoms with van der Waals surface area (Å²) in [7, 11) is 1.33. The molecule has 2 aromatic heterocycles. The first-order valence-electron chi connectivity index (χ1n) is 20.7. The Morgan fingerprint density at radius 1 is 0.883 bits per heavy atom. The number of nitrogens with one attached hydrogen (secondary N) is 4. The zero-order valence-electron chi connectivity index (χ0n) is 34.4. The van der Waals surface area contributed by atoms with E-state index in [1.807, 2.05) is 48.2 Å². The number of hydrogen-bond donors (Lipinski definition) is 5. The lowest BCUT2D eigenvalue weighted by Gasteiger charge is -2.35. The lowest BCUT2D eigenvalue weighted by molar-refractivity contribution is -0.137. The fourth-order valence-corrected chi connectivity index (χ4v) is 9.74. The average Bonchev–Trinajstić information content (AvgIpc) is 4.11. The van der Waals surface area contributed by atoms with Gasteiger partial charge in [-0.1, -0.05) is 80.6 Å². The van der Waals surface area contributed by atoms with Crippen LogP contribution in [0.2, 0.25) is 0 Å². The number of allylic oxidation sites excluding steroid dienone is 3. The quantitative estimate of drug-likeness (QED) is 0.0857. The Morgan fingerprint density at radius 3 is 2.25 bits per heavy atom. The fraction of sp³-hybridized carbons (Fsp3) is 0.370. The Bertz CT molecular complexity index is 2420. The van der Waals surface area contributed by atoms with Gasteiger partial charge in [-0.3, -0.25) is 14.5 Å². The van der Waals surface area contributed by atoms with Crippen molar-refractivity contribution in [2.45, 2.75) is 76.2 Å². The van der Waals surface area contributed by atoms with Crippen LogP contribution in [-0.4, -0.2) is 97.0 Å². The van der Waals surface area contributed by atoms with Crippen LogP contribution >= 0.6 is 11.8 Å². The number of H-pyrrole nitrogens is 2. The van der Waals surface area contributed by atoms with Gasteiger partial charge in [0.15, 0.2) is 0 Å². The molecule has 0 bridgehead atoms. The van der Waals surface area contributed by atoms with Crippen molar-refractivity contribution in [1.29, 1.82) is 0 Å². The van der Waals surface area contributed by atoms with Crippen molar-refractivity contribution in [1.82, 2.24) is 40.4 Å². The zero-order valence-corrected chi connectivity index (χ0v) is 35.2. The number of carbonyl (C=O) groups excluding carboxylic acids is 3. The van der Waals surface area contributed by atoms with Gasteiger partial charge < -0.3 is 35.3 Å². The molecular weight excluding hydrogens is 777 g/mol. The molecule has 5 atom stereocenters. The van der Waals surface area contributed by atoms with Gasteiger partial charge in [0, 0.05) is 31.3 Å². The smallest absolute Gasteiger partial charge is 0.407 e. The molecule has 5 aromatic rings. The number of imidazole rings is 2. The van der Waals surface area contributed by atoms with Crippen molar-refractivity contribution >= 4 is 40.4 Å². The van der Waals surface area contributed by atoms with Crippen molar-refractivity contribution in [3.8, 4) is 33.6 Å². The molecule has 13 nitrogen and oxygen atoms in total. The first kappa shape index (κ1) is 41.1. The second kappa shape index (κ2) is 17.9. The number of thioether (sulfide) groups is 1. The van der Waals surface area contributed by atoms with Crippen LogP contribution in [0.5, 0.6) is 0 Å². The van der Waals surface area contributed by atoms with Crippen LogP contribution in [0.25, 0.3) is 44.4 Å². The van der Waals surface area contributed by atoms with Crippen molar-refractivity contribution < 1.29 is 24.2 Å². The van der Waals surface area contributed by atoms with Gasteiger partial charge >= 0.3 is 6.09 Å². The molecule has 3 aromatic carbocycles. The number of rotatable bonds is 12. The van der Waals surface area contributed by atoms with E-state index in [0.29, 0.717) is 13.1 Å². The molecular formula is C46H52N8O5S. The summed E-state index contributed by atoms with van der Waals surface area (Å²) in [6, 6.07) is 19.9. The molecule has 5 N–H and O–H groups in total. The third-order valence-electron chi connectivity index (χ3n) is 11.7. The van der Waals surface area contributed by atoms with Gasteiger partial charge in [-0.25, -0.2) is 14.8 Å². The lowest BCUT2D eigenvalue weighted by atomic mass is 9.96. The molecule has 0 saturated carbocycles. The molecule has 0 radical (unpaired) electrons. The number of amides is 3. The molecule has 4 heterocycles. The highest BCUT2D eigenvalue weighted by atomic mass is 32.2. The summed E-state index contributed by atoms with van der Waals surface area (Å²) in [6.45, 7) is 6.60. The lowest BCUT2D eigenvalue weighted by Crippen LogP contribution is -2.52. The minimum atomic E-state index is -0.945. The molecule has 8 rings (SSSR count). The van der Waals surface area contributed by atoms with Crippen molar-refractivity contribution in [3.05, 3.63) is 109 Å². The van der Waals surface area contributed by atoms with Gasteiger partial charge in [0.25, 0.3) is 0 Å². The predicted octanol–water partition coefficient (Wildman–Crippen LogP) is 7.48. The number of aliphatic hydroxyl groups excluding tert-OH is 1. The Labute approximate surface area is 354 Å². The average molecular weight is 829 g/mol. The molecule has 2 fully saturated rings. The summed E-state index contributed by atoms with van der Waals surface area (Å²) >= 11 is 1.67. The third-order valence-corrected chi connectivity index (χ3v) is 12.9. The van der Waals surface area contributed by atoms with E-state index in [1.54, 1.807) is 11.8 Å². The Hall–Kier alpha value is -5.70. The molecule has 1 aliphatic carbocycles. The monoisotopic (exact) mass is 828 g/mol. The summed E-state index contributed by atoms with van der Waals surface area (Å²) < 4.78 is 4.90. The number of fused-ring (bicyclic) bond motifs is 1. The van der Waals surface area contributed by atoms with Crippen molar-refractivity contribution in [3.63, 3.8) is 0 Å². The maximum absolute atomic E-state index is 13.5. The number of aromatic amines is 2. The number of ether oxygens (including phenoxy) is 1. The van der Waals surface area contributed by atoms with Crippen LogP contribution < -0.4 is 10.6 Å². The number of aromatic nitrogens is 4. The molecule has 60 heavy (non-hydrogen) atoms. The zero-order chi connectivity index (χ0) is 41.9. The molecule has 2 saturated heterocycles. The normalized spacial score (nSPS) is 19.6. The van der Waals surface area contributed by atoms with Crippen molar-refractivity contribution in [2.75, 3.05) is 26.0 Å². The van der Waals surface area contributed by atoms with E-state index in [2.05, 4.69) is 92.3 Å². The van der Waals surface area contributed by atoms with E-state index in [4.69, 9.17) is 9.72 Å². The van der Waals surface area contributed by atoms with E-state index < -0.39 is 24.4 Å². The predicted molar refractivity (Wildman–Crippen MR) is 234 cm³/mol. The highest BCUT2D eigenvalue weighted by Crippen LogP contribution is 2.39. The highest BCUT2D eigenvalue weighted by Gasteiger charge is 2.39. The van der Waals surface area contributed by atoms with Gasteiger partial charge in [0.1, 0.15) is 29.3 Å². The fourth-order valence-electron chi connectivity index (χ4n) is 8.55. The molecule has 3 unspecified atom stereocenters. The molecule has 3 aliphatic rings. The number of benzene rings is 3. The number of nitrogens with zero attached hydrogens (tertiary/aromatic N) is 4. The van der Waals surface area contributed by atoms with Crippen LogP contribution in [-0.2, 0) is 14.3 Å². The number of hydrogen-bond acceptors (Lipinski definition) is 9. The molecule has 312 valence electrons. The van der Waals surface area contributed by atoms with Crippen molar-refractivity contribution in [2.24, 2.45) is 5.92 Å². The van der Waals surface area contributed by atoms with E-state index in [9.17, 15) is 19.5 Å². The van der Waals surface area contributed by atoms with Gasteiger partial charge in [0.05, 0.1) is 43.0 Å². The van der Waals surface area contributed by atoms with Gasteiger partial charge in [-0.05, 0) is 76.8 Å². The maximum Gasteiger partial charge on any atom is 0.407 e. The van der Waals surface area contributed by atoms with Gasteiger partial charge in [-0.15, -0.1) is 11.8 Å². The van der Waals surface area contributed by atoms with E-state index >= 15 is 0 Å². The molecule has 14 heteroatoms. The van der Waals surface area contributed by atoms with E-state index in [0.717, 1.165) is 93.1 Å². The Kier molecular flexibility index (Phi) is 12.2. The Morgan fingerprint density at radius 2 is 1.55 bits per heavy atom. The topological polar surface area (TPSA) is 169 Å². The number of alkyl carbamates (subject to hydrolysis) is 1. The van der Waals surface area contributed by atoms with Crippen LogP contribution in [0.15, 0.2) is 96.9 Å².